The predicted molar refractivity (Wildman–Crippen MR) is 118 cm³/mol. The lowest BCUT2D eigenvalue weighted by Gasteiger charge is -2.12. The zero-order valence-corrected chi connectivity index (χ0v) is 16.5. The molecule has 0 atom stereocenters. The van der Waals surface area contributed by atoms with Crippen LogP contribution in [0.2, 0.25) is 0 Å². The van der Waals surface area contributed by atoms with Crippen molar-refractivity contribution in [1.82, 2.24) is 9.97 Å². The fourth-order valence-corrected chi connectivity index (χ4v) is 3.56. The van der Waals surface area contributed by atoms with Crippen molar-refractivity contribution in [3.8, 4) is 22.4 Å². The molecule has 6 heteroatoms. The van der Waals surface area contributed by atoms with Crippen LogP contribution in [0, 0.1) is 6.92 Å². The van der Waals surface area contributed by atoms with Crippen LogP contribution in [0.4, 0.5) is 5.69 Å². The zero-order chi connectivity index (χ0) is 21.1. The topological polar surface area (TPSA) is 95.3 Å². The largest absolute Gasteiger partial charge is 0.478 e. The quantitative estimate of drug-likeness (QED) is 0.445. The average Bonchev–Trinajstić information content (AvgIpc) is 2.77. The Balaban J connectivity index is 1.70. The van der Waals surface area contributed by atoms with Crippen LogP contribution in [-0.4, -0.2) is 39.3 Å². The van der Waals surface area contributed by atoms with Crippen molar-refractivity contribution in [1.29, 1.82) is 0 Å². The fourth-order valence-electron chi connectivity index (χ4n) is 3.56. The molecule has 2 aromatic carbocycles. The number of carbonyl (C=O) groups is 1. The van der Waals surface area contributed by atoms with Gasteiger partial charge in [0.25, 0.3) is 0 Å². The number of pyridine rings is 2. The second kappa shape index (κ2) is 8.31. The molecule has 2 aromatic heterocycles. The third-order valence-corrected chi connectivity index (χ3v) is 5.06. The van der Waals surface area contributed by atoms with Gasteiger partial charge in [-0.1, -0.05) is 36.4 Å². The lowest BCUT2D eigenvalue weighted by atomic mass is 9.97. The first-order chi connectivity index (χ1) is 14.6. The fraction of sp³-hybridized carbons (Fsp3) is 0.125. The van der Waals surface area contributed by atoms with Gasteiger partial charge >= 0.3 is 5.97 Å². The summed E-state index contributed by atoms with van der Waals surface area (Å²) in [5, 5.41) is 22.3. The number of nitrogens with one attached hydrogen (secondary N) is 1. The molecule has 30 heavy (non-hydrogen) atoms. The molecular weight excluding hydrogens is 378 g/mol. The summed E-state index contributed by atoms with van der Waals surface area (Å²) >= 11 is 0. The summed E-state index contributed by atoms with van der Waals surface area (Å²) in [6.45, 7) is 2.39. The van der Waals surface area contributed by atoms with E-state index in [0.29, 0.717) is 28.7 Å². The van der Waals surface area contributed by atoms with Crippen LogP contribution in [0.3, 0.4) is 0 Å². The van der Waals surface area contributed by atoms with E-state index in [9.17, 15) is 9.90 Å². The standard InChI is InChI=1S/C24H21N3O3/c1-15-22(24(29)30)20-14-25-11-10-21(20)27-23(15)18-4-2-16(3-5-18)17-6-8-19(9-7-17)26-12-13-28/h2-11,14,26,28H,12-13H2,1H3,(H,29,30). The summed E-state index contributed by atoms with van der Waals surface area (Å²) in [5.41, 5.74) is 6.05. The molecule has 0 spiro atoms. The van der Waals surface area contributed by atoms with Gasteiger partial charge in [-0.3, -0.25) is 4.98 Å². The first-order valence-electron chi connectivity index (χ1n) is 9.61. The van der Waals surface area contributed by atoms with E-state index in [-0.39, 0.29) is 12.2 Å². The molecule has 6 nitrogen and oxygen atoms in total. The molecule has 2 heterocycles. The van der Waals surface area contributed by atoms with Crippen molar-refractivity contribution in [3.63, 3.8) is 0 Å². The van der Waals surface area contributed by atoms with Crippen LogP contribution in [0.15, 0.2) is 67.0 Å². The number of aromatic carboxylic acids is 1. The van der Waals surface area contributed by atoms with E-state index in [2.05, 4.69) is 10.3 Å². The summed E-state index contributed by atoms with van der Waals surface area (Å²) in [7, 11) is 0. The van der Waals surface area contributed by atoms with Gasteiger partial charge in [0.2, 0.25) is 0 Å². The van der Waals surface area contributed by atoms with E-state index in [0.717, 1.165) is 22.4 Å². The first kappa shape index (κ1) is 19.5. The number of aromatic nitrogens is 2. The molecule has 3 N–H and O–H groups in total. The molecule has 0 aliphatic heterocycles. The minimum Gasteiger partial charge on any atom is -0.478 e. The third-order valence-electron chi connectivity index (χ3n) is 5.06. The van der Waals surface area contributed by atoms with Gasteiger partial charge < -0.3 is 15.5 Å². The molecule has 0 bridgehead atoms. The van der Waals surface area contributed by atoms with Gasteiger partial charge in [-0.05, 0) is 41.8 Å². The van der Waals surface area contributed by atoms with Gasteiger partial charge in [0.15, 0.2) is 0 Å². The number of aliphatic hydroxyl groups is 1. The summed E-state index contributed by atoms with van der Waals surface area (Å²) in [6.07, 6.45) is 3.16. The highest BCUT2D eigenvalue weighted by molar-refractivity contribution is 6.05. The maximum Gasteiger partial charge on any atom is 0.336 e. The Bertz CT molecular complexity index is 1200. The number of hydrogen-bond donors (Lipinski definition) is 3. The van der Waals surface area contributed by atoms with E-state index in [1.165, 1.54) is 0 Å². The molecule has 0 saturated heterocycles. The number of aliphatic hydroxyl groups excluding tert-OH is 1. The van der Waals surface area contributed by atoms with E-state index < -0.39 is 5.97 Å². The summed E-state index contributed by atoms with van der Waals surface area (Å²) in [6, 6.07) is 17.6. The van der Waals surface area contributed by atoms with Crippen LogP contribution >= 0.6 is 0 Å². The van der Waals surface area contributed by atoms with Crippen LogP contribution < -0.4 is 5.32 Å². The number of carboxylic acids is 1. The molecule has 4 aromatic rings. The molecule has 0 fully saturated rings. The van der Waals surface area contributed by atoms with Gasteiger partial charge in [0.05, 0.1) is 23.4 Å². The molecule has 4 rings (SSSR count). The normalized spacial score (nSPS) is 10.9. The molecule has 0 aliphatic carbocycles. The molecular formula is C24H21N3O3. The van der Waals surface area contributed by atoms with Gasteiger partial charge in [-0.15, -0.1) is 0 Å². The lowest BCUT2D eigenvalue weighted by molar-refractivity contribution is 0.0698. The predicted octanol–water partition coefficient (Wildman–Crippen LogP) is 4.37. The summed E-state index contributed by atoms with van der Waals surface area (Å²) in [5.74, 6) is -0.985. The van der Waals surface area contributed by atoms with Gasteiger partial charge in [0, 0.05) is 35.6 Å². The molecule has 0 aliphatic rings. The molecule has 0 unspecified atom stereocenters. The van der Waals surface area contributed by atoms with E-state index in [1.54, 1.807) is 25.4 Å². The number of anilines is 1. The lowest BCUT2D eigenvalue weighted by Crippen LogP contribution is -2.05. The van der Waals surface area contributed by atoms with Crippen LogP contribution in [0.25, 0.3) is 33.3 Å². The monoisotopic (exact) mass is 399 g/mol. The van der Waals surface area contributed by atoms with E-state index in [4.69, 9.17) is 10.1 Å². The minimum absolute atomic E-state index is 0.0888. The number of benzene rings is 2. The number of rotatable bonds is 6. The first-order valence-corrected chi connectivity index (χ1v) is 9.61. The SMILES string of the molecule is Cc1c(-c2ccc(-c3ccc(NCCO)cc3)cc2)nc2ccncc2c1C(=O)O. The summed E-state index contributed by atoms with van der Waals surface area (Å²) < 4.78 is 0. The molecule has 0 amide bonds. The number of hydrogen-bond acceptors (Lipinski definition) is 5. The Hall–Kier alpha value is -3.77. The summed E-state index contributed by atoms with van der Waals surface area (Å²) in [4.78, 5) is 20.6. The van der Waals surface area contributed by atoms with Crippen molar-refractivity contribution in [3.05, 3.63) is 78.1 Å². The molecule has 0 radical (unpaired) electrons. The van der Waals surface area contributed by atoms with Crippen LogP contribution in [0.5, 0.6) is 0 Å². The van der Waals surface area contributed by atoms with Gasteiger partial charge in [-0.2, -0.15) is 0 Å². The Morgan fingerprint density at radius 2 is 1.60 bits per heavy atom. The minimum atomic E-state index is -0.985. The van der Waals surface area contributed by atoms with Crippen molar-refractivity contribution in [2.75, 3.05) is 18.5 Å². The van der Waals surface area contributed by atoms with Crippen molar-refractivity contribution in [2.45, 2.75) is 6.92 Å². The number of carboxylic acid groups (broad SMARTS) is 1. The van der Waals surface area contributed by atoms with Crippen molar-refractivity contribution < 1.29 is 15.0 Å². The Labute approximate surface area is 173 Å². The van der Waals surface area contributed by atoms with Crippen LogP contribution in [-0.2, 0) is 0 Å². The second-order valence-corrected chi connectivity index (χ2v) is 6.96. The van der Waals surface area contributed by atoms with Crippen molar-refractivity contribution >= 4 is 22.6 Å². The average molecular weight is 399 g/mol. The van der Waals surface area contributed by atoms with E-state index >= 15 is 0 Å². The zero-order valence-electron chi connectivity index (χ0n) is 16.5. The molecule has 0 saturated carbocycles. The van der Waals surface area contributed by atoms with E-state index in [1.807, 2.05) is 48.5 Å². The van der Waals surface area contributed by atoms with Gasteiger partial charge in [-0.25, -0.2) is 9.78 Å². The smallest absolute Gasteiger partial charge is 0.336 e. The van der Waals surface area contributed by atoms with Crippen molar-refractivity contribution in [2.24, 2.45) is 0 Å². The highest BCUT2D eigenvalue weighted by atomic mass is 16.4. The Morgan fingerprint density at radius 1 is 0.967 bits per heavy atom. The van der Waals surface area contributed by atoms with Crippen LogP contribution in [0.1, 0.15) is 15.9 Å². The maximum atomic E-state index is 11.9. The third kappa shape index (κ3) is 3.73. The maximum absolute atomic E-state index is 11.9. The Morgan fingerprint density at radius 3 is 2.23 bits per heavy atom. The van der Waals surface area contributed by atoms with Gasteiger partial charge in [0.1, 0.15) is 0 Å². The Kier molecular flexibility index (Phi) is 5.41. The highest BCUT2D eigenvalue weighted by Crippen LogP contribution is 2.31. The number of nitrogens with zero attached hydrogens (tertiary/aromatic N) is 2. The highest BCUT2D eigenvalue weighted by Gasteiger charge is 2.18. The second-order valence-electron chi connectivity index (χ2n) is 6.96. The number of fused-ring (bicyclic) bond motifs is 1. The molecule has 150 valence electrons.